The van der Waals surface area contributed by atoms with Crippen LogP contribution in [0.2, 0.25) is 0 Å². The highest BCUT2D eigenvalue weighted by molar-refractivity contribution is 6.12. The van der Waals surface area contributed by atoms with E-state index < -0.39 is 17.8 Å². The van der Waals surface area contributed by atoms with Gasteiger partial charge in [0.25, 0.3) is 0 Å². The molecule has 0 aliphatic carbocycles. The highest BCUT2D eigenvalue weighted by Crippen LogP contribution is 2.29. The molecule has 2 aromatic rings. The van der Waals surface area contributed by atoms with Crippen LogP contribution in [-0.4, -0.2) is 38.7 Å². The van der Waals surface area contributed by atoms with Gasteiger partial charge < -0.3 is 18.9 Å². The number of methoxy groups -OCH3 is 2. The summed E-state index contributed by atoms with van der Waals surface area (Å²) in [7, 11) is 2.71. The molecule has 0 radical (unpaired) electrons. The lowest BCUT2D eigenvalue weighted by Crippen LogP contribution is -2.12. The summed E-state index contributed by atoms with van der Waals surface area (Å²) in [6.07, 6.45) is 1.52. The molecule has 0 N–H and O–H groups in total. The van der Waals surface area contributed by atoms with Gasteiger partial charge in [0.05, 0.1) is 14.2 Å². The molecule has 0 bridgehead atoms. The Morgan fingerprint density at radius 2 is 1.89 bits per heavy atom. The summed E-state index contributed by atoms with van der Waals surface area (Å²) in [6, 6.07) is 10.3. The van der Waals surface area contributed by atoms with Crippen LogP contribution in [0.3, 0.4) is 0 Å². The second kappa shape index (κ2) is 8.34. The number of halogens is 1. The Balaban J connectivity index is 1.83. The maximum atomic E-state index is 13.0. The summed E-state index contributed by atoms with van der Waals surface area (Å²) in [5.41, 5.74) is 1.19. The van der Waals surface area contributed by atoms with Crippen LogP contribution >= 0.6 is 0 Å². The molecule has 1 aliphatic heterocycles. The highest BCUT2D eigenvalue weighted by atomic mass is 19.1. The lowest BCUT2D eigenvalue weighted by molar-refractivity contribution is -0.143. The van der Waals surface area contributed by atoms with E-state index in [1.807, 2.05) is 0 Å². The Morgan fingerprint density at radius 3 is 2.57 bits per heavy atom. The van der Waals surface area contributed by atoms with Gasteiger partial charge in [0.15, 0.2) is 23.8 Å². The van der Waals surface area contributed by atoms with Gasteiger partial charge in [-0.05, 0) is 48.0 Å². The number of benzene rings is 2. The van der Waals surface area contributed by atoms with Crippen LogP contribution in [0.25, 0.3) is 6.08 Å². The Bertz CT molecular complexity index is 965. The van der Waals surface area contributed by atoms with Crippen molar-refractivity contribution in [3.63, 3.8) is 0 Å². The van der Waals surface area contributed by atoms with E-state index in [0.29, 0.717) is 22.6 Å². The minimum Gasteiger partial charge on any atom is -0.493 e. The van der Waals surface area contributed by atoms with Gasteiger partial charge in [-0.15, -0.1) is 0 Å². The second-order valence-electron chi connectivity index (χ2n) is 5.62. The third-order valence-corrected chi connectivity index (χ3v) is 3.78. The molecule has 1 aliphatic rings. The molecule has 0 aromatic heterocycles. The fraction of sp³-hybridized carbons (Fsp3) is 0.150. The number of aliphatic imine (C=N–C) groups is 1. The number of hydrogen-bond donors (Lipinski definition) is 0. The number of rotatable bonds is 6. The van der Waals surface area contributed by atoms with Crippen LogP contribution in [0.15, 0.2) is 53.2 Å². The van der Waals surface area contributed by atoms with Crippen LogP contribution in [0.1, 0.15) is 11.1 Å². The number of nitrogens with zero attached hydrogens (tertiary/aromatic N) is 1. The molecule has 3 rings (SSSR count). The zero-order chi connectivity index (χ0) is 20.1. The van der Waals surface area contributed by atoms with Crippen LogP contribution in [0.4, 0.5) is 4.39 Å². The van der Waals surface area contributed by atoms with Crippen molar-refractivity contribution in [2.75, 3.05) is 20.8 Å². The van der Waals surface area contributed by atoms with Gasteiger partial charge in [0, 0.05) is 5.56 Å². The minimum atomic E-state index is -0.621. The van der Waals surface area contributed by atoms with Crippen molar-refractivity contribution in [1.29, 1.82) is 0 Å². The summed E-state index contributed by atoms with van der Waals surface area (Å²) in [5, 5.41) is 0. The number of carbonyl (C=O) groups excluding carboxylic acids is 2. The normalized spacial score (nSPS) is 14.5. The van der Waals surface area contributed by atoms with Crippen LogP contribution in [-0.2, 0) is 19.1 Å². The van der Waals surface area contributed by atoms with Crippen LogP contribution in [0.5, 0.6) is 11.5 Å². The summed E-state index contributed by atoms with van der Waals surface area (Å²) < 4.78 is 33.3. The van der Waals surface area contributed by atoms with Crippen LogP contribution in [0, 0.1) is 5.82 Å². The third kappa shape index (κ3) is 4.35. The molecule has 28 heavy (non-hydrogen) atoms. The molecule has 144 valence electrons. The van der Waals surface area contributed by atoms with Gasteiger partial charge in [0.2, 0.25) is 5.90 Å². The predicted molar refractivity (Wildman–Crippen MR) is 97.5 cm³/mol. The van der Waals surface area contributed by atoms with E-state index in [4.69, 9.17) is 14.2 Å². The molecule has 0 amide bonds. The van der Waals surface area contributed by atoms with E-state index >= 15 is 0 Å². The predicted octanol–water partition coefficient (Wildman–Crippen LogP) is 2.73. The SMILES string of the molecule is COC(=O)COc1ccc(C=C2N=C(c3ccc(F)cc3)OC2=O)cc1OC. The fourth-order valence-electron chi connectivity index (χ4n) is 2.37. The molecule has 7 nitrogen and oxygen atoms in total. The van der Waals surface area contributed by atoms with Crippen molar-refractivity contribution < 1.29 is 32.9 Å². The largest absolute Gasteiger partial charge is 0.493 e. The molecule has 0 atom stereocenters. The smallest absolute Gasteiger partial charge is 0.363 e. The Kier molecular flexibility index (Phi) is 5.69. The van der Waals surface area contributed by atoms with E-state index in [1.54, 1.807) is 18.2 Å². The fourth-order valence-corrected chi connectivity index (χ4v) is 2.37. The molecule has 8 heteroatoms. The Labute approximate surface area is 160 Å². The quantitative estimate of drug-likeness (QED) is 0.562. The van der Waals surface area contributed by atoms with Gasteiger partial charge in [0.1, 0.15) is 5.82 Å². The first-order valence-corrected chi connectivity index (χ1v) is 8.16. The van der Waals surface area contributed by atoms with Gasteiger partial charge in [-0.25, -0.2) is 19.0 Å². The zero-order valence-electron chi connectivity index (χ0n) is 15.1. The zero-order valence-corrected chi connectivity index (χ0v) is 15.1. The number of ether oxygens (including phenoxy) is 4. The standard InChI is InChI=1S/C20H16FNO6/c1-25-17-10-12(3-8-16(17)27-11-18(23)26-2)9-15-20(24)28-19(22-15)13-4-6-14(21)7-5-13/h3-10H,11H2,1-2H3. The van der Waals surface area contributed by atoms with Gasteiger partial charge in [-0.3, -0.25) is 0 Å². The van der Waals surface area contributed by atoms with Crippen molar-refractivity contribution in [2.24, 2.45) is 4.99 Å². The molecule has 0 spiro atoms. The van der Waals surface area contributed by atoms with Gasteiger partial charge in [-0.1, -0.05) is 6.07 Å². The third-order valence-electron chi connectivity index (χ3n) is 3.78. The first-order chi connectivity index (χ1) is 13.5. The van der Waals surface area contributed by atoms with Crippen molar-refractivity contribution in [3.8, 4) is 11.5 Å². The number of carbonyl (C=O) groups is 2. The topological polar surface area (TPSA) is 83.4 Å². The summed E-state index contributed by atoms with van der Waals surface area (Å²) >= 11 is 0. The summed E-state index contributed by atoms with van der Waals surface area (Å²) in [4.78, 5) is 27.4. The van der Waals surface area contributed by atoms with Gasteiger partial charge >= 0.3 is 11.9 Å². The lowest BCUT2D eigenvalue weighted by atomic mass is 10.1. The first kappa shape index (κ1) is 19.1. The Hall–Kier alpha value is -3.68. The highest BCUT2D eigenvalue weighted by Gasteiger charge is 2.24. The minimum absolute atomic E-state index is 0.0876. The van der Waals surface area contributed by atoms with E-state index in [-0.39, 0.29) is 18.2 Å². The molecule has 0 saturated heterocycles. The molecule has 0 unspecified atom stereocenters. The monoisotopic (exact) mass is 385 g/mol. The maximum Gasteiger partial charge on any atom is 0.363 e. The van der Waals surface area contributed by atoms with E-state index in [2.05, 4.69) is 9.73 Å². The van der Waals surface area contributed by atoms with Crippen molar-refractivity contribution in [2.45, 2.75) is 0 Å². The van der Waals surface area contributed by atoms with Crippen molar-refractivity contribution >= 4 is 23.9 Å². The average Bonchev–Trinajstić information content (AvgIpc) is 3.07. The summed E-state index contributed by atoms with van der Waals surface area (Å²) in [5.74, 6) is -0.729. The molecule has 2 aromatic carbocycles. The Morgan fingerprint density at radius 1 is 1.14 bits per heavy atom. The second-order valence-corrected chi connectivity index (χ2v) is 5.62. The number of cyclic esters (lactones) is 1. The van der Waals surface area contributed by atoms with E-state index in [1.165, 1.54) is 44.6 Å². The average molecular weight is 385 g/mol. The summed E-state index contributed by atoms with van der Waals surface area (Å²) in [6.45, 7) is -0.259. The van der Waals surface area contributed by atoms with Crippen molar-refractivity contribution in [3.05, 3.63) is 65.1 Å². The first-order valence-electron chi connectivity index (χ1n) is 8.16. The lowest BCUT2D eigenvalue weighted by Gasteiger charge is -2.10. The molecule has 1 heterocycles. The molecular weight excluding hydrogens is 369 g/mol. The van der Waals surface area contributed by atoms with Crippen molar-refractivity contribution in [1.82, 2.24) is 0 Å². The van der Waals surface area contributed by atoms with Gasteiger partial charge in [-0.2, -0.15) is 0 Å². The molecule has 0 fully saturated rings. The van der Waals surface area contributed by atoms with E-state index in [9.17, 15) is 14.0 Å². The molecular formula is C20H16FNO6. The van der Waals surface area contributed by atoms with Crippen LogP contribution < -0.4 is 9.47 Å². The molecule has 0 saturated carbocycles. The number of esters is 2. The number of hydrogen-bond acceptors (Lipinski definition) is 7. The maximum absolute atomic E-state index is 13.0. The van der Waals surface area contributed by atoms with E-state index in [0.717, 1.165) is 0 Å².